The third kappa shape index (κ3) is 2.31. The fourth-order valence-electron chi connectivity index (χ4n) is 2.92. The summed E-state index contributed by atoms with van der Waals surface area (Å²) in [5.41, 5.74) is 8.04. The van der Waals surface area contributed by atoms with Crippen molar-refractivity contribution in [2.45, 2.75) is 20.3 Å². The summed E-state index contributed by atoms with van der Waals surface area (Å²) in [6.45, 7) is 7.97. The molecule has 0 saturated carbocycles. The van der Waals surface area contributed by atoms with Crippen molar-refractivity contribution in [1.29, 1.82) is 0 Å². The van der Waals surface area contributed by atoms with E-state index in [9.17, 15) is 0 Å². The molecule has 0 aromatic heterocycles. The number of hydrogen-bond donors (Lipinski definition) is 1. The van der Waals surface area contributed by atoms with Gasteiger partial charge in [-0.15, -0.1) is 0 Å². The molecule has 104 valence electrons. The molecule has 2 aliphatic rings. The van der Waals surface area contributed by atoms with Gasteiger partial charge in [-0.05, 0) is 18.3 Å². The standard InChI is InChI=1S/C15H22N2O2/c1-10(2)11-3-4-17(9-11)13-8-15-14(7-12(13)16)18-5-6-19-15/h7-8,10-11H,3-6,9,16H2,1-2H3. The minimum atomic E-state index is 0.602. The molecule has 0 spiro atoms. The smallest absolute Gasteiger partial charge is 0.163 e. The Morgan fingerprint density at radius 2 is 1.89 bits per heavy atom. The van der Waals surface area contributed by atoms with Crippen LogP contribution < -0.4 is 20.1 Å². The lowest BCUT2D eigenvalue weighted by Gasteiger charge is -2.25. The number of anilines is 2. The third-order valence-corrected chi connectivity index (χ3v) is 4.20. The fraction of sp³-hybridized carbons (Fsp3) is 0.600. The van der Waals surface area contributed by atoms with E-state index in [1.165, 1.54) is 6.42 Å². The second kappa shape index (κ2) is 4.83. The van der Waals surface area contributed by atoms with Gasteiger partial charge < -0.3 is 20.1 Å². The summed E-state index contributed by atoms with van der Waals surface area (Å²) in [6.07, 6.45) is 1.24. The van der Waals surface area contributed by atoms with Crippen molar-refractivity contribution in [2.75, 3.05) is 36.9 Å². The monoisotopic (exact) mass is 262 g/mol. The maximum atomic E-state index is 6.17. The quantitative estimate of drug-likeness (QED) is 0.832. The van der Waals surface area contributed by atoms with E-state index in [1.807, 2.05) is 12.1 Å². The average molecular weight is 262 g/mol. The van der Waals surface area contributed by atoms with E-state index in [4.69, 9.17) is 15.2 Å². The molecule has 0 aliphatic carbocycles. The minimum Gasteiger partial charge on any atom is -0.486 e. The zero-order chi connectivity index (χ0) is 13.4. The van der Waals surface area contributed by atoms with Crippen LogP contribution in [0.4, 0.5) is 11.4 Å². The van der Waals surface area contributed by atoms with Crippen LogP contribution in [0.25, 0.3) is 0 Å². The van der Waals surface area contributed by atoms with Gasteiger partial charge >= 0.3 is 0 Å². The van der Waals surface area contributed by atoms with E-state index in [1.54, 1.807) is 0 Å². The molecule has 0 amide bonds. The van der Waals surface area contributed by atoms with Gasteiger partial charge in [-0.1, -0.05) is 13.8 Å². The molecule has 4 nitrogen and oxygen atoms in total. The summed E-state index contributed by atoms with van der Waals surface area (Å²) in [6, 6.07) is 3.93. The Labute approximate surface area is 114 Å². The number of rotatable bonds is 2. The first-order valence-corrected chi connectivity index (χ1v) is 7.09. The Morgan fingerprint density at radius 1 is 1.21 bits per heavy atom. The number of nitrogens with two attached hydrogens (primary N) is 1. The first-order chi connectivity index (χ1) is 9.15. The van der Waals surface area contributed by atoms with Gasteiger partial charge in [0.2, 0.25) is 0 Å². The van der Waals surface area contributed by atoms with Crippen LogP contribution in [0.15, 0.2) is 12.1 Å². The summed E-state index contributed by atoms with van der Waals surface area (Å²) in [5.74, 6) is 3.08. The van der Waals surface area contributed by atoms with E-state index in [0.29, 0.717) is 13.2 Å². The van der Waals surface area contributed by atoms with Gasteiger partial charge in [0.15, 0.2) is 11.5 Å². The highest BCUT2D eigenvalue weighted by molar-refractivity contribution is 5.73. The summed E-state index contributed by atoms with van der Waals surface area (Å²) in [5, 5.41) is 0. The zero-order valence-electron chi connectivity index (χ0n) is 11.7. The van der Waals surface area contributed by atoms with Gasteiger partial charge in [0.25, 0.3) is 0 Å². The lowest BCUT2D eigenvalue weighted by Crippen LogP contribution is -2.23. The molecular formula is C15H22N2O2. The van der Waals surface area contributed by atoms with Crippen molar-refractivity contribution in [3.8, 4) is 11.5 Å². The normalized spacial score (nSPS) is 22.1. The van der Waals surface area contributed by atoms with Crippen LogP contribution in [0, 0.1) is 11.8 Å². The molecule has 2 heterocycles. The first kappa shape index (κ1) is 12.5. The minimum absolute atomic E-state index is 0.602. The van der Waals surface area contributed by atoms with Gasteiger partial charge in [-0.3, -0.25) is 0 Å². The summed E-state index contributed by atoms with van der Waals surface area (Å²) in [4.78, 5) is 2.37. The SMILES string of the molecule is CC(C)C1CCN(c2cc3c(cc2N)OCCO3)C1. The molecule has 2 aliphatic heterocycles. The van der Waals surface area contributed by atoms with Gasteiger partial charge in [0, 0.05) is 25.2 Å². The highest BCUT2D eigenvalue weighted by Crippen LogP contribution is 2.40. The molecule has 1 saturated heterocycles. The molecule has 3 rings (SSSR count). The second-order valence-corrected chi connectivity index (χ2v) is 5.79. The van der Waals surface area contributed by atoms with Crippen molar-refractivity contribution in [3.05, 3.63) is 12.1 Å². The van der Waals surface area contributed by atoms with E-state index in [-0.39, 0.29) is 0 Å². The Bertz CT molecular complexity index is 473. The second-order valence-electron chi connectivity index (χ2n) is 5.79. The highest BCUT2D eigenvalue weighted by Gasteiger charge is 2.27. The molecule has 4 heteroatoms. The molecule has 1 atom stereocenters. The number of benzene rings is 1. The highest BCUT2D eigenvalue weighted by atomic mass is 16.6. The number of nitrogen functional groups attached to an aromatic ring is 1. The Kier molecular flexibility index (Phi) is 3.17. The van der Waals surface area contributed by atoms with E-state index >= 15 is 0 Å². The molecule has 19 heavy (non-hydrogen) atoms. The van der Waals surface area contributed by atoms with Gasteiger partial charge in [-0.25, -0.2) is 0 Å². The van der Waals surface area contributed by atoms with Crippen molar-refractivity contribution < 1.29 is 9.47 Å². The summed E-state index contributed by atoms with van der Waals surface area (Å²) >= 11 is 0. The summed E-state index contributed by atoms with van der Waals surface area (Å²) in [7, 11) is 0. The Hall–Kier alpha value is -1.58. The van der Waals surface area contributed by atoms with Crippen LogP contribution in [0.1, 0.15) is 20.3 Å². The molecule has 0 radical (unpaired) electrons. The third-order valence-electron chi connectivity index (χ3n) is 4.20. The number of hydrogen-bond acceptors (Lipinski definition) is 4. The molecular weight excluding hydrogens is 240 g/mol. The lowest BCUT2D eigenvalue weighted by molar-refractivity contribution is 0.172. The van der Waals surface area contributed by atoms with Crippen LogP contribution in [-0.2, 0) is 0 Å². The summed E-state index contributed by atoms with van der Waals surface area (Å²) < 4.78 is 11.2. The van der Waals surface area contributed by atoms with Crippen LogP contribution in [0.2, 0.25) is 0 Å². The molecule has 1 fully saturated rings. The number of fused-ring (bicyclic) bond motifs is 1. The van der Waals surface area contributed by atoms with E-state index in [0.717, 1.165) is 47.8 Å². The van der Waals surface area contributed by atoms with Gasteiger partial charge in [0.1, 0.15) is 13.2 Å². The maximum Gasteiger partial charge on any atom is 0.163 e. The van der Waals surface area contributed by atoms with Crippen LogP contribution in [0.5, 0.6) is 11.5 Å². The Morgan fingerprint density at radius 3 is 2.53 bits per heavy atom. The predicted octanol–water partition coefficient (Wildman–Crippen LogP) is 2.52. The molecule has 1 aromatic rings. The lowest BCUT2D eigenvalue weighted by atomic mass is 9.95. The molecule has 1 aromatic carbocycles. The zero-order valence-corrected chi connectivity index (χ0v) is 11.7. The van der Waals surface area contributed by atoms with Crippen molar-refractivity contribution in [1.82, 2.24) is 0 Å². The topological polar surface area (TPSA) is 47.7 Å². The first-order valence-electron chi connectivity index (χ1n) is 7.09. The largest absolute Gasteiger partial charge is 0.486 e. The fourth-order valence-corrected chi connectivity index (χ4v) is 2.92. The van der Waals surface area contributed by atoms with Crippen molar-refractivity contribution >= 4 is 11.4 Å². The van der Waals surface area contributed by atoms with E-state index < -0.39 is 0 Å². The number of ether oxygens (including phenoxy) is 2. The van der Waals surface area contributed by atoms with Gasteiger partial charge in [-0.2, -0.15) is 0 Å². The molecule has 1 unspecified atom stereocenters. The van der Waals surface area contributed by atoms with Crippen LogP contribution in [-0.4, -0.2) is 26.3 Å². The maximum absolute atomic E-state index is 6.17. The average Bonchev–Trinajstić information content (AvgIpc) is 2.87. The Balaban J connectivity index is 1.85. The molecule has 0 bridgehead atoms. The molecule has 2 N–H and O–H groups in total. The number of nitrogens with zero attached hydrogens (tertiary/aromatic N) is 1. The van der Waals surface area contributed by atoms with Crippen LogP contribution in [0.3, 0.4) is 0 Å². The van der Waals surface area contributed by atoms with E-state index in [2.05, 4.69) is 18.7 Å². The van der Waals surface area contributed by atoms with Crippen molar-refractivity contribution in [3.63, 3.8) is 0 Å². The van der Waals surface area contributed by atoms with Gasteiger partial charge in [0.05, 0.1) is 11.4 Å². The predicted molar refractivity (Wildman–Crippen MR) is 77.0 cm³/mol. The van der Waals surface area contributed by atoms with Crippen molar-refractivity contribution in [2.24, 2.45) is 11.8 Å². The van der Waals surface area contributed by atoms with Crippen LogP contribution >= 0.6 is 0 Å².